The first-order chi connectivity index (χ1) is 14.1. The quantitative estimate of drug-likeness (QED) is 0.399. The average molecular weight is 404 g/mol. The number of anilines is 2. The van der Waals surface area contributed by atoms with Crippen molar-refractivity contribution in [3.05, 3.63) is 90.6 Å². The Morgan fingerprint density at radius 3 is 2.41 bits per heavy atom. The van der Waals surface area contributed by atoms with E-state index in [0.29, 0.717) is 16.9 Å². The van der Waals surface area contributed by atoms with E-state index in [0.717, 1.165) is 21.0 Å². The summed E-state index contributed by atoms with van der Waals surface area (Å²) in [6.07, 6.45) is 3.36. The smallest absolute Gasteiger partial charge is 0.255 e. The number of aromatic amines is 1. The number of hydrogen-bond donors (Lipinski definition) is 3. The topological polar surface area (TPSA) is 83.8 Å². The highest BCUT2D eigenvalue weighted by atomic mass is 32.2. The molecule has 0 fully saturated rings. The van der Waals surface area contributed by atoms with Gasteiger partial charge in [0.15, 0.2) is 0 Å². The number of carbonyl (C=O) groups excluding carboxylic acids is 1. The average Bonchev–Trinajstić information content (AvgIpc) is 3.24. The number of aromatic nitrogens is 2. The van der Waals surface area contributed by atoms with E-state index >= 15 is 0 Å². The van der Waals surface area contributed by atoms with E-state index in [1.54, 1.807) is 48.9 Å². The van der Waals surface area contributed by atoms with Gasteiger partial charge in [-0.3, -0.25) is 4.79 Å². The van der Waals surface area contributed by atoms with E-state index in [4.69, 9.17) is 5.73 Å². The first-order valence-electron chi connectivity index (χ1n) is 8.81. The molecule has 1 heterocycles. The fraction of sp³-hybridized carbons (Fsp3) is 0. The second kappa shape index (κ2) is 8.20. The highest BCUT2D eigenvalue weighted by molar-refractivity contribution is 7.99. The molecule has 4 N–H and O–H groups in total. The Bertz CT molecular complexity index is 1130. The molecule has 29 heavy (non-hydrogen) atoms. The molecule has 4 rings (SSSR count). The van der Waals surface area contributed by atoms with Crippen LogP contribution in [-0.2, 0) is 0 Å². The van der Waals surface area contributed by atoms with Gasteiger partial charge in [-0.05, 0) is 59.7 Å². The zero-order chi connectivity index (χ0) is 20.2. The van der Waals surface area contributed by atoms with Crippen molar-refractivity contribution >= 4 is 29.0 Å². The molecule has 3 aromatic carbocycles. The zero-order valence-corrected chi connectivity index (χ0v) is 16.0. The van der Waals surface area contributed by atoms with Gasteiger partial charge in [0.25, 0.3) is 5.91 Å². The fourth-order valence-electron chi connectivity index (χ4n) is 2.78. The number of benzene rings is 3. The van der Waals surface area contributed by atoms with Crippen LogP contribution in [0.15, 0.2) is 89.2 Å². The maximum Gasteiger partial charge on any atom is 0.255 e. The van der Waals surface area contributed by atoms with Crippen LogP contribution < -0.4 is 11.1 Å². The van der Waals surface area contributed by atoms with E-state index in [1.165, 1.54) is 23.9 Å². The van der Waals surface area contributed by atoms with Crippen LogP contribution in [-0.4, -0.2) is 15.9 Å². The van der Waals surface area contributed by atoms with Crippen LogP contribution in [0, 0.1) is 5.82 Å². The Morgan fingerprint density at radius 2 is 1.72 bits per heavy atom. The Labute approximate surface area is 171 Å². The number of rotatable bonds is 5. The second-order valence-corrected chi connectivity index (χ2v) is 7.42. The molecule has 0 radical (unpaired) electrons. The van der Waals surface area contributed by atoms with Gasteiger partial charge >= 0.3 is 0 Å². The number of nitrogens with two attached hydrogens (primary N) is 1. The molecule has 1 amide bonds. The van der Waals surface area contributed by atoms with E-state index in [9.17, 15) is 9.18 Å². The van der Waals surface area contributed by atoms with Gasteiger partial charge in [0, 0.05) is 10.5 Å². The predicted molar refractivity (Wildman–Crippen MR) is 113 cm³/mol. The summed E-state index contributed by atoms with van der Waals surface area (Å²) >= 11 is 1.53. The van der Waals surface area contributed by atoms with Gasteiger partial charge in [0.2, 0.25) is 0 Å². The number of imidazole rings is 1. The third-order valence-electron chi connectivity index (χ3n) is 4.30. The van der Waals surface area contributed by atoms with Crippen LogP contribution in [0.1, 0.15) is 10.4 Å². The number of nitrogens with one attached hydrogen (secondary N) is 2. The van der Waals surface area contributed by atoms with Crippen molar-refractivity contribution in [1.29, 1.82) is 0 Å². The minimum Gasteiger partial charge on any atom is -0.397 e. The lowest BCUT2D eigenvalue weighted by Crippen LogP contribution is -2.13. The van der Waals surface area contributed by atoms with Gasteiger partial charge in [-0.1, -0.05) is 30.0 Å². The molecule has 0 bridgehead atoms. The van der Waals surface area contributed by atoms with E-state index < -0.39 is 0 Å². The molecule has 0 spiro atoms. The van der Waals surface area contributed by atoms with Crippen LogP contribution in [0.3, 0.4) is 0 Å². The number of nitrogens with zero attached hydrogens (tertiary/aromatic N) is 1. The normalized spacial score (nSPS) is 10.7. The van der Waals surface area contributed by atoms with Crippen LogP contribution in [0.2, 0.25) is 0 Å². The Balaban J connectivity index is 1.50. The first kappa shape index (κ1) is 18.8. The maximum absolute atomic E-state index is 13.2. The zero-order valence-electron chi connectivity index (χ0n) is 15.2. The van der Waals surface area contributed by atoms with Crippen LogP contribution in [0.4, 0.5) is 15.8 Å². The minimum atomic E-state index is -0.299. The van der Waals surface area contributed by atoms with E-state index in [2.05, 4.69) is 15.3 Å². The summed E-state index contributed by atoms with van der Waals surface area (Å²) in [5.41, 5.74) is 9.18. The standard InChI is InChI=1S/C22H17FN4OS/c23-17-6-1-14(2-7-17)16-5-10-19(24)20(11-16)27-22(28)15-3-8-18(9-4-15)29-21-12-25-13-26-21/h1-13H,24H2,(H,25,26)(H,27,28). The number of amides is 1. The first-order valence-corrected chi connectivity index (χ1v) is 9.63. The summed E-state index contributed by atoms with van der Waals surface area (Å²) in [5.74, 6) is -0.557. The summed E-state index contributed by atoms with van der Waals surface area (Å²) in [4.78, 5) is 20.6. The molecular formula is C22H17FN4OS. The Hall–Kier alpha value is -3.58. The molecule has 1 aromatic heterocycles. The Morgan fingerprint density at radius 1 is 1.00 bits per heavy atom. The molecule has 0 saturated carbocycles. The van der Waals surface area contributed by atoms with Gasteiger partial charge in [0.1, 0.15) is 5.82 Å². The lowest BCUT2D eigenvalue weighted by molar-refractivity contribution is 0.102. The largest absolute Gasteiger partial charge is 0.397 e. The molecule has 5 nitrogen and oxygen atoms in total. The number of hydrogen-bond acceptors (Lipinski definition) is 4. The third kappa shape index (κ3) is 4.47. The summed E-state index contributed by atoms with van der Waals surface area (Å²) in [5, 5.41) is 3.78. The third-order valence-corrected chi connectivity index (χ3v) is 5.25. The number of carbonyl (C=O) groups is 1. The summed E-state index contributed by atoms with van der Waals surface area (Å²) in [6.45, 7) is 0. The van der Waals surface area contributed by atoms with Crippen LogP contribution in [0.25, 0.3) is 11.1 Å². The molecule has 0 atom stereocenters. The number of H-pyrrole nitrogens is 1. The van der Waals surface area contributed by atoms with E-state index in [-0.39, 0.29) is 11.7 Å². The number of halogens is 1. The van der Waals surface area contributed by atoms with Crippen molar-refractivity contribution in [1.82, 2.24) is 9.97 Å². The van der Waals surface area contributed by atoms with Crippen LogP contribution >= 0.6 is 11.8 Å². The van der Waals surface area contributed by atoms with Gasteiger partial charge in [-0.25, -0.2) is 9.37 Å². The SMILES string of the molecule is Nc1ccc(-c2ccc(F)cc2)cc1NC(=O)c1ccc(Sc2cnc[nH]2)cc1. The van der Waals surface area contributed by atoms with Gasteiger partial charge in [-0.15, -0.1) is 0 Å². The molecule has 0 saturated heterocycles. The summed E-state index contributed by atoms with van der Waals surface area (Å²) < 4.78 is 13.2. The van der Waals surface area contributed by atoms with Crippen molar-refractivity contribution in [2.45, 2.75) is 9.92 Å². The van der Waals surface area contributed by atoms with Crippen molar-refractivity contribution in [2.24, 2.45) is 0 Å². The van der Waals surface area contributed by atoms with Crippen LogP contribution in [0.5, 0.6) is 0 Å². The monoisotopic (exact) mass is 404 g/mol. The highest BCUT2D eigenvalue weighted by Crippen LogP contribution is 2.29. The number of nitrogen functional groups attached to an aromatic ring is 1. The highest BCUT2D eigenvalue weighted by Gasteiger charge is 2.10. The van der Waals surface area contributed by atoms with Crippen molar-refractivity contribution in [3.63, 3.8) is 0 Å². The minimum absolute atomic E-state index is 0.258. The predicted octanol–water partition coefficient (Wildman–Crippen LogP) is 5.20. The van der Waals surface area contributed by atoms with E-state index in [1.807, 2.05) is 18.2 Å². The van der Waals surface area contributed by atoms with Gasteiger partial charge in [0.05, 0.1) is 28.9 Å². The van der Waals surface area contributed by atoms with Gasteiger partial charge < -0.3 is 16.0 Å². The lowest BCUT2D eigenvalue weighted by Gasteiger charge is -2.11. The molecule has 144 valence electrons. The molecule has 7 heteroatoms. The molecular weight excluding hydrogens is 387 g/mol. The fourth-order valence-corrected chi connectivity index (χ4v) is 3.53. The Kier molecular flexibility index (Phi) is 5.31. The van der Waals surface area contributed by atoms with Crippen molar-refractivity contribution in [3.8, 4) is 11.1 Å². The van der Waals surface area contributed by atoms with Crippen molar-refractivity contribution < 1.29 is 9.18 Å². The molecule has 4 aromatic rings. The summed E-state index contributed by atoms with van der Waals surface area (Å²) in [7, 11) is 0. The summed E-state index contributed by atoms with van der Waals surface area (Å²) in [6, 6.07) is 18.8. The lowest BCUT2D eigenvalue weighted by atomic mass is 10.0. The maximum atomic E-state index is 13.2. The molecule has 0 aliphatic carbocycles. The second-order valence-electron chi connectivity index (χ2n) is 6.31. The molecule has 0 unspecified atom stereocenters. The van der Waals surface area contributed by atoms with Gasteiger partial charge in [-0.2, -0.15) is 0 Å². The van der Waals surface area contributed by atoms with Crippen molar-refractivity contribution in [2.75, 3.05) is 11.1 Å². The molecule has 0 aliphatic rings. The molecule has 0 aliphatic heterocycles.